The number of piperidine rings is 1. The number of phenolic OH excluding ortho intramolecular Hbond substituents is 1. The fourth-order valence-electron chi connectivity index (χ4n) is 11.0. The van der Waals surface area contributed by atoms with Crippen LogP contribution < -0.4 is 0 Å². The van der Waals surface area contributed by atoms with E-state index in [0.717, 1.165) is 30.9 Å². The average Bonchev–Trinajstić information content (AvgIpc) is 3.38. The molecule has 2 aromatic rings. The first-order valence-electron chi connectivity index (χ1n) is 15.0. The molecule has 5 fully saturated rings. The van der Waals surface area contributed by atoms with E-state index in [1.165, 1.54) is 75.6 Å². The van der Waals surface area contributed by atoms with E-state index in [1.807, 2.05) is 36.4 Å². The van der Waals surface area contributed by atoms with Crippen LogP contribution in [0.3, 0.4) is 0 Å². The maximum atomic E-state index is 13.7. The van der Waals surface area contributed by atoms with Crippen molar-refractivity contribution in [2.75, 3.05) is 19.6 Å². The van der Waals surface area contributed by atoms with Crippen LogP contribution in [0, 0.1) is 23.2 Å². The molecule has 4 nitrogen and oxygen atoms in total. The summed E-state index contributed by atoms with van der Waals surface area (Å²) in [7, 11) is 0. The van der Waals surface area contributed by atoms with Crippen molar-refractivity contribution < 1.29 is 9.90 Å². The number of phenols is 1. The van der Waals surface area contributed by atoms with E-state index >= 15 is 0 Å². The summed E-state index contributed by atoms with van der Waals surface area (Å²) in [6, 6.07) is 17.2. The monoisotopic (exact) mass is 496 g/mol. The molecule has 194 valence electrons. The van der Waals surface area contributed by atoms with Gasteiger partial charge in [0.2, 0.25) is 0 Å². The first-order valence-corrected chi connectivity index (χ1v) is 15.0. The summed E-state index contributed by atoms with van der Waals surface area (Å²) in [5.41, 5.74) is 4.16. The molecule has 8 rings (SSSR count). The van der Waals surface area contributed by atoms with Gasteiger partial charge >= 0.3 is 0 Å². The molecule has 0 spiro atoms. The normalized spacial score (nSPS) is 38.3. The van der Waals surface area contributed by atoms with Crippen LogP contribution >= 0.6 is 0 Å². The van der Waals surface area contributed by atoms with Gasteiger partial charge in [-0.2, -0.15) is 0 Å². The van der Waals surface area contributed by atoms with Gasteiger partial charge in [-0.1, -0.05) is 43.5 Å². The smallest absolute Gasteiger partial charge is 0.254 e. The Morgan fingerprint density at radius 1 is 1.00 bits per heavy atom. The number of hydrogen-bond donors (Lipinski definition) is 1. The Morgan fingerprint density at radius 2 is 1.84 bits per heavy atom. The summed E-state index contributed by atoms with van der Waals surface area (Å²) in [5.74, 6) is 2.61. The van der Waals surface area contributed by atoms with Gasteiger partial charge in [0.25, 0.3) is 5.91 Å². The minimum absolute atomic E-state index is 0.104. The van der Waals surface area contributed by atoms with Crippen LogP contribution in [0.5, 0.6) is 5.75 Å². The molecule has 0 aromatic heterocycles. The van der Waals surface area contributed by atoms with Crippen LogP contribution in [-0.4, -0.2) is 52.5 Å². The third-order valence-corrected chi connectivity index (χ3v) is 12.1. The zero-order chi connectivity index (χ0) is 24.8. The van der Waals surface area contributed by atoms with E-state index in [9.17, 15) is 9.90 Å². The second-order valence-electron chi connectivity index (χ2n) is 13.4. The van der Waals surface area contributed by atoms with Crippen molar-refractivity contribution in [1.29, 1.82) is 0 Å². The van der Waals surface area contributed by atoms with Crippen LogP contribution in [0.4, 0.5) is 0 Å². The van der Waals surface area contributed by atoms with Crippen molar-refractivity contribution >= 4 is 5.91 Å². The number of rotatable bonds is 3. The molecular formula is C33H40N2O2. The van der Waals surface area contributed by atoms with Crippen LogP contribution in [0.1, 0.15) is 79.3 Å². The molecule has 2 aliphatic heterocycles. The van der Waals surface area contributed by atoms with Crippen molar-refractivity contribution in [1.82, 2.24) is 9.80 Å². The molecule has 1 amide bonds. The van der Waals surface area contributed by atoms with Crippen molar-refractivity contribution in [3.8, 4) is 5.75 Å². The SMILES string of the molecule is O=C(c1ccccc1)N1C[C@H]2CC34CCC1C2C31CCN(CC2CCCCC2)C4Cc2ccc(O)cc21. The summed E-state index contributed by atoms with van der Waals surface area (Å²) >= 11 is 0. The summed E-state index contributed by atoms with van der Waals surface area (Å²) in [4.78, 5) is 19.0. The summed E-state index contributed by atoms with van der Waals surface area (Å²) in [6.07, 6.45) is 13.0. The first-order chi connectivity index (χ1) is 18.1. The largest absolute Gasteiger partial charge is 0.508 e. The highest BCUT2D eigenvalue weighted by Crippen LogP contribution is 2.75. The molecular weight excluding hydrogens is 456 g/mol. The van der Waals surface area contributed by atoms with E-state index in [2.05, 4.69) is 21.9 Å². The number of benzene rings is 2. The molecule has 5 unspecified atom stereocenters. The van der Waals surface area contributed by atoms with Gasteiger partial charge in [-0.05, 0) is 110 Å². The zero-order valence-corrected chi connectivity index (χ0v) is 21.9. The maximum absolute atomic E-state index is 13.7. The quantitative estimate of drug-likeness (QED) is 0.586. The van der Waals surface area contributed by atoms with Gasteiger partial charge in [-0.25, -0.2) is 0 Å². The Hall–Kier alpha value is -2.33. The van der Waals surface area contributed by atoms with Gasteiger partial charge in [0.05, 0.1) is 0 Å². The number of fused-ring (bicyclic) bond motifs is 1. The second-order valence-corrected chi connectivity index (χ2v) is 13.4. The number of carbonyl (C=O) groups excluding carboxylic acids is 1. The van der Waals surface area contributed by atoms with E-state index in [1.54, 1.807) is 0 Å². The number of hydrogen-bond acceptors (Lipinski definition) is 3. The molecule has 4 bridgehead atoms. The van der Waals surface area contributed by atoms with E-state index in [-0.39, 0.29) is 11.3 Å². The Bertz CT molecular complexity index is 1220. The van der Waals surface area contributed by atoms with Crippen molar-refractivity contribution in [2.24, 2.45) is 23.2 Å². The standard InChI is InChI=1S/C33H40N2O2/c36-26-12-11-24-17-29-32-14-13-28-30(25(19-32)21-35(28)31(37)23-9-5-2-6-10-23)33(32,27(24)18-26)15-16-34(29)20-22-7-3-1-4-8-22/h2,5-6,9-12,18,22,25,28-30,36H,1,3-4,7-8,13-17,19-21H2/t25-,28?,29?,30?,32?,33?/m1/s1. The Balaban J connectivity index is 1.21. The summed E-state index contributed by atoms with van der Waals surface area (Å²) in [5, 5.41) is 10.7. The fraction of sp³-hybridized carbons (Fsp3) is 0.606. The Labute approximate surface area is 221 Å². The summed E-state index contributed by atoms with van der Waals surface area (Å²) in [6.45, 7) is 3.38. The third kappa shape index (κ3) is 2.97. The predicted octanol–water partition coefficient (Wildman–Crippen LogP) is 5.78. The van der Waals surface area contributed by atoms with E-state index in [0.29, 0.717) is 35.1 Å². The molecule has 4 heteroatoms. The lowest BCUT2D eigenvalue weighted by Gasteiger charge is -2.66. The second kappa shape index (κ2) is 8.09. The highest BCUT2D eigenvalue weighted by molar-refractivity contribution is 5.94. The molecule has 6 aliphatic rings. The van der Waals surface area contributed by atoms with E-state index in [4.69, 9.17) is 0 Å². The molecule has 3 saturated carbocycles. The topological polar surface area (TPSA) is 43.8 Å². The summed E-state index contributed by atoms with van der Waals surface area (Å²) < 4.78 is 0. The first kappa shape index (κ1) is 22.6. The highest BCUT2D eigenvalue weighted by atomic mass is 16.3. The van der Waals surface area contributed by atoms with Crippen LogP contribution in [-0.2, 0) is 11.8 Å². The third-order valence-electron chi connectivity index (χ3n) is 12.1. The highest BCUT2D eigenvalue weighted by Gasteiger charge is 2.76. The number of carbonyl (C=O) groups is 1. The minimum atomic E-state index is 0.104. The average molecular weight is 497 g/mol. The van der Waals surface area contributed by atoms with Gasteiger partial charge in [0, 0.05) is 36.2 Å². The molecule has 2 aromatic carbocycles. The zero-order valence-electron chi connectivity index (χ0n) is 21.9. The lowest BCUT2D eigenvalue weighted by molar-refractivity contribution is -0.105. The molecule has 2 saturated heterocycles. The maximum Gasteiger partial charge on any atom is 0.254 e. The van der Waals surface area contributed by atoms with Crippen LogP contribution in [0.15, 0.2) is 48.5 Å². The molecule has 6 atom stereocenters. The van der Waals surface area contributed by atoms with Crippen molar-refractivity contribution in [3.05, 3.63) is 65.2 Å². The van der Waals surface area contributed by atoms with Gasteiger partial charge in [0.1, 0.15) is 5.75 Å². The number of aromatic hydroxyl groups is 1. The number of amides is 1. The fourth-order valence-corrected chi connectivity index (χ4v) is 11.0. The molecule has 1 N–H and O–H groups in total. The lowest BCUT2D eigenvalue weighted by atomic mass is 9.43. The molecule has 37 heavy (non-hydrogen) atoms. The lowest BCUT2D eigenvalue weighted by Crippen LogP contribution is -2.70. The van der Waals surface area contributed by atoms with Gasteiger partial charge in [-0.3, -0.25) is 9.69 Å². The number of nitrogens with zero attached hydrogens (tertiary/aromatic N) is 2. The minimum Gasteiger partial charge on any atom is -0.508 e. The Kier molecular flexibility index (Phi) is 4.95. The van der Waals surface area contributed by atoms with Gasteiger partial charge in [-0.15, -0.1) is 0 Å². The van der Waals surface area contributed by atoms with Gasteiger partial charge in [0.15, 0.2) is 0 Å². The molecule has 2 heterocycles. The number of likely N-dealkylation sites (tertiary alicyclic amines) is 2. The van der Waals surface area contributed by atoms with Crippen molar-refractivity contribution in [2.45, 2.75) is 81.7 Å². The van der Waals surface area contributed by atoms with E-state index < -0.39 is 0 Å². The van der Waals surface area contributed by atoms with Gasteiger partial charge < -0.3 is 10.0 Å². The molecule has 0 radical (unpaired) electrons. The predicted molar refractivity (Wildman–Crippen MR) is 145 cm³/mol. The van der Waals surface area contributed by atoms with Crippen molar-refractivity contribution in [3.63, 3.8) is 0 Å². The van der Waals surface area contributed by atoms with Crippen LogP contribution in [0.2, 0.25) is 0 Å². The Morgan fingerprint density at radius 3 is 2.68 bits per heavy atom. The van der Waals surface area contributed by atoms with Crippen LogP contribution in [0.25, 0.3) is 0 Å². The molecule has 4 aliphatic carbocycles.